The Balaban J connectivity index is 0.000000161. The highest BCUT2D eigenvalue weighted by atomic mass is 16.5. The fraction of sp³-hybridized carbons (Fsp3) is 0.184. The van der Waals surface area contributed by atoms with Crippen molar-refractivity contribution in [2.24, 2.45) is 0 Å². The summed E-state index contributed by atoms with van der Waals surface area (Å²) in [5.41, 5.74) is 8.95. The first-order chi connectivity index (χ1) is 21.9. The van der Waals surface area contributed by atoms with Crippen molar-refractivity contribution in [1.29, 1.82) is 0 Å². The lowest BCUT2D eigenvalue weighted by molar-refractivity contribution is -0.143. The number of aliphatic hydroxyl groups excluding tert-OH is 1. The fourth-order valence-corrected chi connectivity index (χ4v) is 5.68. The predicted octanol–water partition coefficient (Wildman–Crippen LogP) is 8.30. The summed E-state index contributed by atoms with van der Waals surface area (Å²) >= 11 is 0. The van der Waals surface area contributed by atoms with E-state index in [0.29, 0.717) is 19.4 Å². The van der Waals surface area contributed by atoms with Crippen molar-refractivity contribution in [3.63, 3.8) is 0 Å². The zero-order chi connectivity index (χ0) is 31.2. The number of aliphatic hydroxyl groups is 1. The van der Waals surface area contributed by atoms with E-state index in [1.807, 2.05) is 66.8 Å². The van der Waals surface area contributed by atoms with E-state index in [9.17, 15) is 9.90 Å². The Morgan fingerprint density at radius 1 is 0.733 bits per heavy atom. The topological polar surface area (TPSA) is 104 Å². The maximum absolute atomic E-state index is 11.6. The van der Waals surface area contributed by atoms with E-state index in [1.165, 1.54) is 0 Å². The molecule has 7 heteroatoms. The number of H-pyrrole nitrogens is 2. The van der Waals surface area contributed by atoms with Crippen LogP contribution < -0.4 is 0 Å². The minimum Gasteiger partial charge on any atom is -0.466 e. The molecular formula is C38H36N4O3. The molecule has 0 spiro atoms. The summed E-state index contributed by atoms with van der Waals surface area (Å²) in [5.74, 6) is -0.274. The number of benzene rings is 2. The van der Waals surface area contributed by atoms with Crippen LogP contribution in [0.25, 0.3) is 57.1 Å². The molecule has 5 aromatic rings. The van der Waals surface area contributed by atoms with E-state index in [2.05, 4.69) is 68.5 Å². The molecule has 5 heterocycles. The SMILES string of the molecule is C1=Cc2cc3ccc(cc4ccc(cc5nc(cc1n2)C=C5)[nH]4)[nH]3.CCOC(=O)CCC(c1cccc2ccccc12)C(C)O. The third-order valence-corrected chi connectivity index (χ3v) is 7.81. The van der Waals surface area contributed by atoms with E-state index in [4.69, 9.17) is 4.74 Å². The molecule has 0 fully saturated rings. The van der Waals surface area contributed by atoms with Crippen LogP contribution in [0, 0.1) is 0 Å². The highest BCUT2D eigenvalue weighted by Gasteiger charge is 2.21. The maximum atomic E-state index is 11.6. The Morgan fingerprint density at radius 3 is 1.84 bits per heavy atom. The second-order valence-electron chi connectivity index (χ2n) is 11.2. The van der Waals surface area contributed by atoms with Crippen molar-refractivity contribution < 1.29 is 14.6 Å². The Hall–Kier alpha value is -5.27. The van der Waals surface area contributed by atoms with Crippen LogP contribution >= 0.6 is 0 Å². The third-order valence-electron chi connectivity index (χ3n) is 7.81. The Morgan fingerprint density at radius 2 is 1.27 bits per heavy atom. The minimum atomic E-state index is -0.509. The van der Waals surface area contributed by atoms with Crippen LogP contribution in [-0.4, -0.2) is 43.7 Å². The van der Waals surface area contributed by atoms with Gasteiger partial charge in [0.05, 0.1) is 35.5 Å². The van der Waals surface area contributed by atoms with Gasteiger partial charge in [0.25, 0.3) is 0 Å². The first-order valence-electron chi connectivity index (χ1n) is 15.3. The van der Waals surface area contributed by atoms with Gasteiger partial charge in [-0.05, 0) is 109 Å². The van der Waals surface area contributed by atoms with Gasteiger partial charge in [0.2, 0.25) is 0 Å². The zero-order valence-corrected chi connectivity index (χ0v) is 25.4. The smallest absolute Gasteiger partial charge is 0.305 e. The van der Waals surface area contributed by atoms with Gasteiger partial charge in [0, 0.05) is 34.4 Å². The minimum absolute atomic E-state index is 0.0690. The Bertz CT molecular complexity index is 1960. The molecule has 2 unspecified atom stereocenters. The lowest BCUT2D eigenvalue weighted by Gasteiger charge is -2.21. The van der Waals surface area contributed by atoms with Crippen molar-refractivity contribution in [2.45, 2.75) is 38.7 Å². The molecule has 2 aliphatic rings. The molecule has 0 saturated carbocycles. The average molecular weight is 597 g/mol. The number of nitrogens with zero attached hydrogens (tertiary/aromatic N) is 2. The number of carbonyl (C=O) groups is 1. The van der Waals surface area contributed by atoms with Crippen LogP contribution in [-0.2, 0) is 9.53 Å². The van der Waals surface area contributed by atoms with Crippen molar-refractivity contribution in [1.82, 2.24) is 19.9 Å². The lowest BCUT2D eigenvalue weighted by Crippen LogP contribution is -2.17. The molecular weight excluding hydrogens is 560 g/mol. The molecule has 2 aromatic carbocycles. The molecule has 8 bridgehead atoms. The monoisotopic (exact) mass is 596 g/mol. The summed E-state index contributed by atoms with van der Waals surface area (Å²) < 4.78 is 4.97. The van der Waals surface area contributed by atoms with E-state index in [-0.39, 0.29) is 11.9 Å². The van der Waals surface area contributed by atoms with Crippen molar-refractivity contribution in [3.05, 3.63) is 119 Å². The molecule has 7 nitrogen and oxygen atoms in total. The van der Waals surface area contributed by atoms with Crippen molar-refractivity contribution in [3.8, 4) is 0 Å². The number of esters is 1. The zero-order valence-electron chi connectivity index (χ0n) is 25.4. The summed E-state index contributed by atoms with van der Waals surface area (Å²) in [6.07, 6.45) is 8.45. The number of hydrogen-bond acceptors (Lipinski definition) is 5. The molecule has 0 saturated heterocycles. The first kappa shape index (κ1) is 29.8. The van der Waals surface area contributed by atoms with Gasteiger partial charge < -0.3 is 19.8 Å². The molecule has 7 rings (SSSR count). The quantitative estimate of drug-likeness (QED) is 0.168. The number of carbonyl (C=O) groups excluding carboxylic acids is 1. The number of hydrogen-bond donors (Lipinski definition) is 3. The van der Waals surface area contributed by atoms with Gasteiger partial charge >= 0.3 is 5.97 Å². The van der Waals surface area contributed by atoms with E-state index < -0.39 is 6.10 Å². The molecule has 0 radical (unpaired) electrons. The molecule has 226 valence electrons. The lowest BCUT2D eigenvalue weighted by atomic mass is 9.86. The second kappa shape index (κ2) is 13.6. The van der Waals surface area contributed by atoms with Crippen molar-refractivity contribution in [2.75, 3.05) is 6.61 Å². The molecule has 0 amide bonds. The van der Waals surface area contributed by atoms with Gasteiger partial charge in [0.1, 0.15) is 0 Å². The normalized spacial score (nSPS) is 13.2. The molecule has 3 aromatic heterocycles. The van der Waals surface area contributed by atoms with Crippen LogP contribution in [0.4, 0.5) is 0 Å². The van der Waals surface area contributed by atoms with Gasteiger partial charge in [-0.15, -0.1) is 0 Å². The molecule has 2 atom stereocenters. The van der Waals surface area contributed by atoms with Crippen LogP contribution in [0.3, 0.4) is 0 Å². The summed E-state index contributed by atoms with van der Waals surface area (Å²) in [4.78, 5) is 27.6. The standard InChI is InChI=1S/C20H14N4.C18H22O3/c1-2-14-10-16-5-6-18(23-16)12-20-8-7-19(24-20)11-17-4-3-15(22-17)9-13(1)21-14;1-3-21-18(20)12-11-15(13(2)19)17-10-6-8-14-7-4-5-9-16(14)17/h1-12,21-22H;4-10,13,15,19H,3,11-12H2,1-2H3. The predicted molar refractivity (Wildman–Crippen MR) is 183 cm³/mol. The fourth-order valence-electron chi connectivity index (χ4n) is 5.68. The van der Waals surface area contributed by atoms with E-state index in [0.717, 1.165) is 61.2 Å². The summed E-state index contributed by atoms with van der Waals surface area (Å²) in [6, 6.07) is 30.6. The number of fused-ring (bicyclic) bond motifs is 9. The van der Waals surface area contributed by atoms with Gasteiger partial charge in [0.15, 0.2) is 0 Å². The summed E-state index contributed by atoms with van der Waals surface area (Å²) in [7, 11) is 0. The highest BCUT2D eigenvalue weighted by Crippen LogP contribution is 2.31. The highest BCUT2D eigenvalue weighted by molar-refractivity contribution is 5.86. The average Bonchev–Trinajstić information content (AvgIpc) is 3.85. The van der Waals surface area contributed by atoms with Gasteiger partial charge in [-0.1, -0.05) is 42.5 Å². The molecule has 2 aliphatic heterocycles. The number of ether oxygens (including phenoxy) is 1. The van der Waals surface area contributed by atoms with Gasteiger partial charge in [-0.25, -0.2) is 9.97 Å². The Kier molecular flexibility index (Phi) is 8.99. The Labute approximate surface area is 262 Å². The molecule has 45 heavy (non-hydrogen) atoms. The van der Waals surface area contributed by atoms with Gasteiger partial charge in [-0.3, -0.25) is 4.79 Å². The van der Waals surface area contributed by atoms with Crippen molar-refractivity contribution >= 4 is 63.1 Å². The van der Waals surface area contributed by atoms with E-state index in [1.54, 1.807) is 13.8 Å². The molecule has 3 N–H and O–H groups in total. The summed E-state index contributed by atoms with van der Waals surface area (Å²) in [6.45, 7) is 3.97. The maximum Gasteiger partial charge on any atom is 0.305 e. The number of rotatable bonds is 6. The largest absolute Gasteiger partial charge is 0.466 e. The third kappa shape index (κ3) is 7.45. The first-order valence-corrected chi connectivity index (χ1v) is 15.3. The number of nitrogens with one attached hydrogen (secondary N) is 2. The van der Waals surface area contributed by atoms with Crippen LogP contribution in [0.5, 0.6) is 0 Å². The second-order valence-corrected chi connectivity index (χ2v) is 11.2. The molecule has 0 aliphatic carbocycles. The van der Waals surface area contributed by atoms with Gasteiger partial charge in [-0.2, -0.15) is 0 Å². The number of aromatic amines is 2. The summed E-state index contributed by atoms with van der Waals surface area (Å²) in [5, 5.41) is 12.4. The van der Waals surface area contributed by atoms with Crippen LogP contribution in [0.15, 0.2) is 91.0 Å². The van der Waals surface area contributed by atoms with E-state index >= 15 is 0 Å². The number of aromatic nitrogens is 4. The van der Waals surface area contributed by atoms with Crippen LogP contribution in [0.1, 0.15) is 60.9 Å². The van der Waals surface area contributed by atoms with Crippen LogP contribution in [0.2, 0.25) is 0 Å².